The van der Waals surface area contributed by atoms with Crippen LogP contribution in [0.5, 0.6) is 0 Å². The normalized spacial score (nSPS) is 12.0. The summed E-state index contributed by atoms with van der Waals surface area (Å²) in [4.78, 5) is 10.7. The van der Waals surface area contributed by atoms with Crippen LogP contribution >= 0.6 is 27.5 Å². The summed E-state index contributed by atoms with van der Waals surface area (Å²) in [5.74, 6) is -0.321. The number of halogens is 2. The number of ether oxygens (including phenoxy) is 1. The Hall–Kier alpha value is -0.740. The van der Waals surface area contributed by atoms with E-state index in [1.165, 1.54) is 6.92 Å². The van der Waals surface area contributed by atoms with E-state index in [2.05, 4.69) is 21.2 Å². The monoisotopic (exact) mass is 291 g/mol. The van der Waals surface area contributed by atoms with Gasteiger partial charge in [-0.15, -0.1) is 0 Å². The summed E-state index contributed by atoms with van der Waals surface area (Å²) in [5.41, 5.74) is 0.803. The Kier molecular flexibility index (Phi) is 4.42. The predicted octanol–water partition coefficient (Wildman–Crippen LogP) is 3.42. The average molecular weight is 293 g/mol. The molecule has 0 aliphatic rings. The fraction of sp³-hybridized carbons (Fsp3) is 0.300. The van der Waals surface area contributed by atoms with Gasteiger partial charge in [0.2, 0.25) is 0 Å². The van der Waals surface area contributed by atoms with E-state index in [1.54, 1.807) is 13.0 Å². The lowest BCUT2D eigenvalue weighted by atomic mass is 10.3. The van der Waals surface area contributed by atoms with E-state index in [-0.39, 0.29) is 12.2 Å². The van der Waals surface area contributed by atoms with Gasteiger partial charge < -0.3 is 10.1 Å². The highest BCUT2D eigenvalue weighted by Gasteiger charge is 2.05. The second-order valence-electron chi connectivity index (χ2n) is 3.02. The number of carbonyl (C=O) groups is 1. The summed E-state index contributed by atoms with van der Waals surface area (Å²) in [7, 11) is 0. The van der Waals surface area contributed by atoms with Gasteiger partial charge in [0.1, 0.15) is 0 Å². The second kappa shape index (κ2) is 5.37. The molecule has 0 radical (unpaired) electrons. The number of carbonyl (C=O) groups excluding carboxylic acids is 1. The van der Waals surface area contributed by atoms with Crippen LogP contribution < -0.4 is 5.32 Å². The van der Waals surface area contributed by atoms with Crippen LogP contribution in [0.1, 0.15) is 13.8 Å². The van der Waals surface area contributed by atoms with Crippen LogP contribution in [0.3, 0.4) is 0 Å². The topological polar surface area (TPSA) is 38.3 Å². The number of anilines is 1. The number of hydrogen-bond acceptors (Lipinski definition) is 3. The van der Waals surface area contributed by atoms with Crippen molar-refractivity contribution in [1.82, 2.24) is 0 Å². The van der Waals surface area contributed by atoms with Crippen molar-refractivity contribution >= 4 is 39.2 Å². The highest BCUT2D eigenvalue weighted by atomic mass is 79.9. The third-order valence-electron chi connectivity index (χ3n) is 1.63. The van der Waals surface area contributed by atoms with Crippen molar-refractivity contribution in [1.29, 1.82) is 0 Å². The van der Waals surface area contributed by atoms with Gasteiger partial charge in [-0.1, -0.05) is 11.6 Å². The molecule has 0 aliphatic heterocycles. The highest BCUT2D eigenvalue weighted by molar-refractivity contribution is 9.10. The quantitative estimate of drug-likeness (QED) is 0.685. The Morgan fingerprint density at radius 1 is 1.60 bits per heavy atom. The first-order valence-electron chi connectivity index (χ1n) is 4.38. The number of rotatable bonds is 3. The molecule has 5 heteroatoms. The Bertz CT molecular complexity index is 370. The van der Waals surface area contributed by atoms with E-state index in [0.29, 0.717) is 5.02 Å². The summed E-state index contributed by atoms with van der Waals surface area (Å²) in [5, 5.41) is 3.60. The van der Waals surface area contributed by atoms with Gasteiger partial charge in [0.25, 0.3) is 0 Å². The molecular formula is C10H11BrClNO2. The van der Waals surface area contributed by atoms with Crippen LogP contribution in [0.25, 0.3) is 0 Å². The van der Waals surface area contributed by atoms with Gasteiger partial charge >= 0.3 is 5.97 Å². The number of esters is 1. The Balaban J connectivity index is 2.64. The van der Waals surface area contributed by atoms with Crippen molar-refractivity contribution < 1.29 is 9.53 Å². The molecule has 0 aromatic heterocycles. The van der Waals surface area contributed by atoms with E-state index in [0.717, 1.165) is 10.2 Å². The fourth-order valence-electron chi connectivity index (χ4n) is 1.10. The molecule has 0 aliphatic carbocycles. The van der Waals surface area contributed by atoms with Gasteiger partial charge in [-0.3, -0.25) is 4.79 Å². The Morgan fingerprint density at radius 3 is 2.80 bits per heavy atom. The molecule has 82 valence electrons. The molecule has 0 spiro atoms. The first kappa shape index (κ1) is 12.3. The molecule has 1 aromatic rings. The third-order valence-corrected chi connectivity index (χ3v) is 2.86. The van der Waals surface area contributed by atoms with Crippen molar-refractivity contribution in [2.45, 2.75) is 20.1 Å². The van der Waals surface area contributed by atoms with Gasteiger partial charge in [0.15, 0.2) is 6.23 Å². The minimum atomic E-state index is -0.375. The first-order valence-corrected chi connectivity index (χ1v) is 5.55. The van der Waals surface area contributed by atoms with Crippen LogP contribution in [0.2, 0.25) is 5.02 Å². The molecule has 0 fully saturated rings. The number of hydrogen-bond donors (Lipinski definition) is 1. The van der Waals surface area contributed by atoms with Crippen LogP contribution in [-0.2, 0) is 9.53 Å². The molecule has 1 atom stereocenters. The zero-order chi connectivity index (χ0) is 11.4. The largest absolute Gasteiger partial charge is 0.442 e. The smallest absolute Gasteiger partial charge is 0.304 e. The van der Waals surface area contributed by atoms with Crippen LogP contribution in [-0.4, -0.2) is 12.2 Å². The minimum absolute atomic E-state index is 0.321. The highest BCUT2D eigenvalue weighted by Crippen LogP contribution is 2.25. The average Bonchev–Trinajstić information content (AvgIpc) is 2.10. The van der Waals surface area contributed by atoms with Crippen LogP contribution in [0.4, 0.5) is 5.69 Å². The van der Waals surface area contributed by atoms with Gasteiger partial charge in [-0.2, -0.15) is 0 Å². The molecule has 1 N–H and O–H groups in total. The number of benzene rings is 1. The minimum Gasteiger partial charge on any atom is -0.442 e. The van der Waals surface area contributed by atoms with Crippen molar-refractivity contribution in [3.8, 4) is 0 Å². The van der Waals surface area contributed by atoms with E-state index in [1.807, 2.05) is 12.1 Å². The summed E-state index contributed by atoms with van der Waals surface area (Å²) in [6.07, 6.45) is -0.375. The van der Waals surface area contributed by atoms with Crippen LogP contribution in [0, 0.1) is 0 Å². The molecule has 3 nitrogen and oxygen atoms in total. The van der Waals surface area contributed by atoms with E-state index in [9.17, 15) is 4.79 Å². The van der Waals surface area contributed by atoms with E-state index < -0.39 is 0 Å². The van der Waals surface area contributed by atoms with Gasteiger partial charge in [0.05, 0.1) is 5.02 Å². The van der Waals surface area contributed by atoms with Gasteiger partial charge in [0, 0.05) is 17.1 Å². The lowest BCUT2D eigenvalue weighted by Gasteiger charge is -2.15. The maximum atomic E-state index is 10.7. The fourth-order valence-corrected chi connectivity index (χ4v) is 1.53. The third kappa shape index (κ3) is 4.10. The first-order chi connectivity index (χ1) is 6.99. The zero-order valence-corrected chi connectivity index (χ0v) is 10.7. The summed E-state index contributed by atoms with van der Waals surface area (Å²) >= 11 is 9.20. The standard InChI is InChI=1S/C10H11BrClNO2/c1-6(15-7(2)14)13-8-3-4-9(11)10(12)5-8/h3-6,13H,1-2H3. The Morgan fingerprint density at radius 2 is 2.27 bits per heavy atom. The predicted molar refractivity (Wildman–Crippen MR) is 64.0 cm³/mol. The maximum absolute atomic E-state index is 10.7. The van der Waals surface area contributed by atoms with Crippen molar-refractivity contribution in [2.75, 3.05) is 5.32 Å². The number of nitrogens with one attached hydrogen (secondary N) is 1. The molecule has 0 bridgehead atoms. The lowest BCUT2D eigenvalue weighted by molar-refractivity contribution is -0.144. The Labute approximate surface area is 102 Å². The molecule has 0 saturated heterocycles. The van der Waals surface area contributed by atoms with Crippen molar-refractivity contribution in [3.05, 3.63) is 27.7 Å². The zero-order valence-electron chi connectivity index (χ0n) is 8.38. The van der Waals surface area contributed by atoms with Gasteiger partial charge in [-0.25, -0.2) is 0 Å². The summed E-state index contributed by atoms with van der Waals surface area (Å²) in [6, 6.07) is 5.42. The van der Waals surface area contributed by atoms with E-state index >= 15 is 0 Å². The van der Waals surface area contributed by atoms with Crippen LogP contribution in [0.15, 0.2) is 22.7 Å². The van der Waals surface area contributed by atoms with Gasteiger partial charge in [-0.05, 0) is 41.1 Å². The molecule has 0 heterocycles. The SMILES string of the molecule is CC(=O)OC(C)Nc1ccc(Br)c(Cl)c1. The molecule has 1 rings (SSSR count). The molecule has 15 heavy (non-hydrogen) atoms. The van der Waals surface area contributed by atoms with Crippen molar-refractivity contribution in [2.24, 2.45) is 0 Å². The maximum Gasteiger partial charge on any atom is 0.304 e. The molecule has 0 saturated carbocycles. The molecular weight excluding hydrogens is 281 g/mol. The second-order valence-corrected chi connectivity index (χ2v) is 4.29. The molecule has 0 amide bonds. The molecule has 1 aromatic carbocycles. The van der Waals surface area contributed by atoms with Crippen molar-refractivity contribution in [3.63, 3.8) is 0 Å². The summed E-state index contributed by atoms with van der Waals surface area (Å²) < 4.78 is 5.75. The lowest BCUT2D eigenvalue weighted by Crippen LogP contribution is -2.21. The summed E-state index contributed by atoms with van der Waals surface area (Å²) in [6.45, 7) is 3.12. The molecule has 1 unspecified atom stereocenters. The van der Waals surface area contributed by atoms with E-state index in [4.69, 9.17) is 16.3 Å².